The number of ether oxygens (including phenoxy) is 1. The number of amides is 1. The molecule has 1 aliphatic rings. The smallest absolute Gasteiger partial charge is 0.253 e. The Hall–Kier alpha value is -2.36. The van der Waals surface area contributed by atoms with Gasteiger partial charge in [-0.3, -0.25) is 9.78 Å². The van der Waals surface area contributed by atoms with Gasteiger partial charge in [0.2, 0.25) is 0 Å². The van der Waals surface area contributed by atoms with Crippen molar-refractivity contribution in [2.45, 2.75) is 19.8 Å². The normalized spacial score (nSPS) is 15.6. The van der Waals surface area contributed by atoms with Gasteiger partial charge in [0.15, 0.2) is 0 Å². The fourth-order valence-corrected chi connectivity index (χ4v) is 2.63. The molecule has 1 aromatic heterocycles. The van der Waals surface area contributed by atoms with Crippen LogP contribution < -0.4 is 4.74 Å². The summed E-state index contributed by atoms with van der Waals surface area (Å²) in [5, 5.41) is 0. The Bertz CT molecular complexity index is 635. The van der Waals surface area contributed by atoms with Crippen LogP contribution in [0.1, 0.15) is 30.1 Å². The van der Waals surface area contributed by atoms with Gasteiger partial charge >= 0.3 is 0 Å². The lowest BCUT2D eigenvalue weighted by molar-refractivity contribution is 0.0697. The summed E-state index contributed by atoms with van der Waals surface area (Å²) in [6.07, 6.45) is 5.52. The quantitative estimate of drug-likeness (QED) is 0.866. The molecular weight excluding hydrogens is 276 g/mol. The predicted octanol–water partition coefficient (Wildman–Crippen LogP) is 3.75. The van der Waals surface area contributed by atoms with Gasteiger partial charge in [-0.25, -0.2) is 0 Å². The average Bonchev–Trinajstić information content (AvgIpc) is 2.56. The zero-order chi connectivity index (χ0) is 15.4. The Balaban J connectivity index is 1.72. The fourth-order valence-electron chi connectivity index (χ4n) is 2.63. The van der Waals surface area contributed by atoms with Crippen LogP contribution in [0.3, 0.4) is 0 Å². The lowest BCUT2D eigenvalue weighted by atomic mass is 9.98. The minimum absolute atomic E-state index is 0.0899. The van der Waals surface area contributed by atoms with Crippen LogP contribution in [0, 0.1) is 5.92 Å². The molecule has 1 aliphatic heterocycles. The highest BCUT2D eigenvalue weighted by Gasteiger charge is 2.21. The lowest BCUT2D eigenvalue weighted by Gasteiger charge is -2.30. The number of likely N-dealkylation sites (tertiary alicyclic amines) is 1. The summed E-state index contributed by atoms with van der Waals surface area (Å²) < 4.78 is 5.76. The Morgan fingerprint density at radius 2 is 1.86 bits per heavy atom. The number of carbonyl (C=O) groups is 1. The topological polar surface area (TPSA) is 42.4 Å². The second-order valence-corrected chi connectivity index (χ2v) is 5.79. The lowest BCUT2D eigenvalue weighted by Crippen LogP contribution is -2.37. The molecule has 0 N–H and O–H groups in total. The van der Waals surface area contributed by atoms with E-state index in [-0.39, 0.29) is 5.91 Å². The molecule has 3 rings (SSSR count). The van der Waals surface area contributed by atoms with Crippen LogP contribution in [0.15, 0.2) is 48.8 Å². The molecule has 1 fully saturated rings. The molecule has 2 heterocycles. The second-order valence-electron chi connectivity index (χ2n) is 5.79. The molecule has 0 aliphatic carbocycles. The van der Waals surface area contributed by atoms with Gasteiger partial charge in [-0.05, 0) is 49.1 Å². The molecule has 0 spiro atoms. The monoisotopic (exact) mass is 296 g/mol. The fraction of sp³-hybridized carbons (Fsp3) is 0.333. The molecule has 0 atom stereocenters. The van der Waals surface area contributed by atoms with Crippen LogP contribution in [-0.2, 0) is 0 Å². The number of rotatable bonds is 3. The van der Waals surface area contributed by atoms with Crippen LogP contribution in [0.5, 0.6) is 11.5 Å². The molecular formula is C18H20N2O2. The summed E-state index contributed by atoms with van der Waals surface area (Å²) in [5.74, 6) is 2.19. The number of aromatic nitrogens is 1. The van der Waals surface area contributed by atoms with Crippen molar-refractivity contribution in [3.05, 3.63) is 54.4 Å². The summed E-state index contributed by atoms with van der Waals surface area (Å²) in [6.45, 7) is 3.93. The first-order chi connectivity index (χ1) is 10.7. The zero-order valence-corrected chi connectivity index (χ0v) is 12.7. The zero-order valence-electron chi connectivity index (χ0n) is 12.7. The van der Waals surface area contributed by atoms with E-state index < -0.39 is 0 Å². The molecule has 114 valence electrons. The number of hydrogen-bond donors (Lipinski definition) is 0. The molecule has 4 nitrogen and oxygen atoms in total. The van der Waals surface area contributed by atoms with Crippen LogP contribution in [0.25, 0.3) is 0 Å². The van der Waals surface area contributed by atoms with E-state index in [0.717, 1.165) is 25.9 Å². The molecule has 0 saturated carbocycles. The van der Waals surface area contributed by atoms with Crippen LogP contribution in [-0.4, -0.2) is 28.9 Å². The average molecular weight is 296 g/mol. The third-order valence-electron chi connectivity index (χ3n) is 4.04. The first-order valence-electron chi connectivity index (χ1n) is 7.69. The van der Waals surface area contributed by atoms with Gasteiger partial charge in [0.1, 0.15) is 11.5 Å². The van der Waals surface area contributed by atoms with Gasteiger partial charge < -0.3 is 9.64 Å². The van der Waals surface area contributed by atoms with Gasteiger partial charge in [-0.2, -0.15) is 0 Å². The third kappa shape index (κ3) is 3.45. The molecule has 1 saturated heterocycles. The Morgan fingerprint density at radius 1 is 1.14 bits per heavy atom. The maximum atomic E-state index is 12.6. The van der Waals surface area contributed by atoms with Crippen molar-refractivity contribution in [3.8, 4) is 11.5 Å². The summed E-state index contributed by atoms with van der Waals surface area (Å²) in [4.78, 5) is 18.5. The number of nitrogens with zero attached hydrogens (tertiary/aromatic N) is 2. The highest BCUT2D eigenvalue weighted by molar-refractivity contribution is 5.94. The molecule has 22 heavy (non-hydrogen) atoms. The maximum absolute atomic E-state index is 12.6. The van der Waals surface area contributed by atoms with Crippen molar-refractivity contribution in [2.75, 3.05) is 13.1 Å². The van der Waals surface area contributed by atoms with Crippen molar-refractivity contribution in [2.24, 2.45) is 5.92 Å². The van der Waals surface area contributed by atoms with Crippen molar-refractivity contribution in [1.82, 2.24) is 9.88 Å². The first kappa shape index (κ1) is 14.6. The van der Waals surface area contributed by atoms with Gasteiger partial charge in [-0.1, -0.05) is 13.0 Å². The van der Waals surface area contributed by atoms with Crippen molar-refractivity contribution < 1.29 is 9.53 Å². The highest BCUT2D eigenvalue weighted by atomic mass is 16.5. The number of pyridine rings is 1. The van der Waals surface area contributed by atoms with Gasteiger partial charge in [-0.15, -0.1) is 0 Å². The third-order valence-corrected chi connectivity index (χ3v) is 4.04. The number of benzene rings is 1. The van der Waals surface area contributed by atoms with E-state index in [0.29, 0.717) is 23.0 Å². The highest BCUT2D eigenvalue weighted by Crippen LogP contribution is 2.23. The van der Waals surface area contributed by atoms with Crippen molar-refractivity contribution in [3.63, 3.8) is 0 Å². The number of piperidine rings is 1. The molecule has 0 bridgehead atoms. The summed E-state index contributed by atoms with van der Waals surface area (Å²) in [6, 6.07) is 11.0. The van der Waals surface area contributed by atoms with E-state index in [4.69, 9.17) is 4.74 Å². The standard InChI is InChI=1S/C18H20N2O2/c1-14-7-11-20(12-8-14)18(21)15-3-2-4-17(13-15)22-16-5-9-19-10-6-16/h2-6,9-10,13-14H,7-8,11-12H2,1H3. The van der Waals surface area contributed by atoms with E-state index in [2.05, 4.69) is 11.9 Å². The molecule has 4 heteroatoms. The SMILES string of the molecule is CC1CCN(C(=O)c2cccc(Oc3ccncc3)c2)CC1. The second kappa shape index (κ2) is 6.60. The minimum atomic E-state index is 0.0899. The summed E-state index contributed by atoms with van der Waals surface area (Å²) in [7, 11) is 0. The van der Waals surface area contributed by atoms with Crippen LogP contribution in [0.2, 0.25) is 0 Å². The Morgan fingerprint density at radius 3 is 2.59 bits per heavy atom. The maximum Gasteiger partial charge on any atom is 0.253 e. The summed E-state index contributed by atoms with van der Waals surface area (Å²) in [5.41, 5.74) is 0.682. The van der Waals surface area contributed by atoms with E-state index in [1.54, 1.807) is 30.6 Å². The minimum Gasteiger partial charge on any atom is -0.457 e. The van der Waals surface area contributed by atoms with Gasteiger partial charge in [0.25, 0.3) is 5.91 Å². The molecule has 1 amide bonds. The molecule has 0 unspecified atom stereocenters. The molecule has 1 aromatic carbocycles. The molecule has 2 aromatic rings. The van der Waals surface area contributed by atoms with Gasteiger partial charge in [0, 0.05) is 31.0 Å². The van der Waals surface area contributed by atoms with Crippen molar-refractivity contribution in [1.29, 1.82) is 0 Å². The van der Waals surface area contributed by atoms with Gasteiger partial charge in [0.05, 0.1) is 0 Å². The van der Waals surface area contributed by atoms with E-state index in [1.165, 1.54) is 0 Å². The summed E-state index contributed by atoms with van der Waals surface area (Å²) >= 11 is 0. The number of hydrogen-bond acceptors (Lipinski definition) is 3. The Labute approximate surface area is 130 Å². The predicted molar refractivity (Wildman–Crippen MR) is 85.1 cm³/mol. The van der Waals surface area contributed by atoms with Crippen molar-refractivity contribution >= 4 is 5.91 Å². The number of carbonyl (C=O) groups excluding carboxylic acids is 1. The van der Waals surface area contributed by atoms with E-state index in [1.807, 2.05) is 23.1 Å². The molecule has 0 radical (unpaired) electrons. The van der Waals surface area contributed by atoms with E-state index in [9.17, 15) is 4.79 Å². The first-order valence-corrected chi connectivity index (χ1v) is 7.69. The Kier molecular flexibility index (Phi) is 4.37. The largest absolute Gasteiger partial charge is 0.457 e. The van der Waals surface area contributed by atoms with E-state index >= 15 is 0 Å². The van der Waals surface area contributed by atoms with Crippen LogP contribution in [0.4, 0.5) is 0 Å². The van der Waals surface area contributed by atoms with Crippen LogP contribution >= 0.6 is 0 Å².